The zero-order valence-electron chi connectivity index (χ0n) is 9.73. The average molecular weight is 291 g/mol. The number of benzene rings is 1. The van der Waals surface area contributed by atoms with Crippen molar-refractivity contribution < 1.29 is 20.1 Å². The molecule has 1 heterocycles. The van der Waals surface area contributed by atoms with Crippen LogP contribution in [0.15, 0.2) is 30.3 Å². The standard InChI is InChI=1S/C12H15ClO4S/c1-18-11-9(15)8(14)10(16)12(13,17-11)7-5-3-2-4-6-7/h2-6,8-11,14-16H,1H3. The Labute approximate surface area is 115 Å². The van der Waals surface area contributed by atoms with Crippen molar-refractivity contribution >= 4 is 23.4 Å². The van der Waals surface area contributed by atoms with Gasteiger partial charge in [0.2, 0.25) is 0 Å². The van der Waals surface area contributed by atoms with Crippen LogP contribution in [0.4, 0.5) is 0 Å². The van der Waals surface area contributed by atoms with Crippen LogP contribution in [-0.4, -0.2) is 45.3 Å². The Morgan fingerprint density at radius 1 is 1.17 bits per heavy atom. The molecule has 2 rings (SSSR count). The number of hydrogen-bond acceptors (Lipinski definition) is 5. The molecule has 18 heavy (non-hydrogen) atoms. The van der Waals surface area contributed by atoms with Crippen LogP contribution in [0.3, 0.4) is 0 Å². The van der Waals surface area contributed by atoms with Crippen molar-refractivity contribution in [2.24, 2.45) is 0 Å². The fraction of sp³-hybridized carbons (Fsp3) is 0.500. The van der Waals surface area contributed by atoms with Gasteiger partial charge in [0.1, 0.15) is 23.7 Å². The smallest absolute Gasteiger partial charge is 0.197 e. The van der Waals surface area contributed by atoms with Crippen LogP contribution in [0.25, 0.3) is 0 Å². The highest BCUT2D eigenvalue weighted by atomic mass is 35.5. The first-order chi connectivity index (χ1) is 8.50. The van der Waals surface area contributed by atoms with Crippen LogP contribution in [0.2, 0.25) is 0 Å². The molecular weight excluding hydrogens is 276 g/mol. The van der Waals surface area contributed by atoms with Crippen molar-refractivity contribution in [1.82, 2.24) is 0 Å². The van der Waals surface area contributed by atoms with Crippen molar-refractivity contribution in [2.45, 2.75) is 28.8 Å². The lowest BCUT2D eigenvalue weighted by Crippen LogP contribution is -2.59. The van der Waals surface area contributed by atoms with Crippen LogP contribution in [-0.2, 0) is 9.80 Å². The number of thioether (sulfide) groups is 1. The Morgan fingerprint density at radius 3 is 2.33 bits per heavy atom. The number of aliphatic hydroxyl groups is 3. The molecule has 0 amide bonds. The number of alkyl halides is 1. The maximum Gasteiger partial charge on any atom is 0.197 e. The van der Waals surface area contributed by atoms with E-state index in [1.807, 2.05) is 6.07 Å². The Morgan fingerprint density at radius 2 is 1.78 bits per heavy atom. The molecule has 6 heteroatoms. The van der Waals surface area contributed by atoms with Crippen molar-refractivity contribution in [3.63, 3.8) is 0 Å². The number of aliphatic hydroxyl groups excluding tert-OH is 3. The molecule has 1 fully saturated rings. The Kier molecular flexibility index (Phi) is 4.21. The molecule has 100 valence electrons. The minimum absolute atomic E-state index is 0.546. The van der Waals surface area contributed by atoms with E-state index in [4.69, 9.17) is 16.3 Å². The second kappa shape index (κ2) is 5.36. The van der Waals surface area contributed by atoms with E-state index < -0.39 is 28.8 Å². The first-order valence-corrected chi connectivity index (χ1v) is 7.16. The SMILES string of the molecule is CSC1OC(Cl)(c2ccccc2)C(O)C(O)C1O. The van der Waals surface area contributed by atoms with Gasteiger partial charge in [-0.25, -0.2) is 0 Å². The van der Waals surface area contributed by atoms with Crippen LogP contribution in [0.1, 0.15) is 5.56 Å². The molecule has 5 atom stereocenters. The Balaban J connectivity index is 2.37. The van der Waals surface area contributed by atoms with E-state index in [-0.39, 0.29) is 0 Å². The summed E-state index contributed by atoms with van der Waals surface area (Å²) in [4.78, 5) is 0. The monoisotopic (exact) mass is 290 g/mol. The largest absolute Gasteiger partial charge is 0.387 e. The highest BCUT2D eigenvalue weighted by Crippen LogP contribution is 2.43. The third-order valence-corrected chi connectivity index (χ3v) is 4.39. The summed E-state index contributed by atoms with van der Waals surface area (Å²) in [6.45, 7) is 0. The maximum atomic E-state index is 10.1. The van der Waals surface area contributed by atoms with E-state index in [9.17, 15) is 15.3 Å². The zero-order valence-corrected chi connectivity index (χ0v) is 11.3. The molecule has 0 spiro atoms. The summed E-state index contributed by atoms with van der Waals surface area (Å²) in [6.07, 6.45) is -2.19. The summed E-state index contributed by atoms with van der Waals surface area (Å²) < 4.78 is 5.57. The van der Waals surface area contributed by atoms with E-state index in [1.165, 1.54) is 11.8 Å². The summed E-state index contributed by atoms with van der Waals surface area (Å²) in [5.41, 5.74) is -0.148. The molecule has 4 nitrogen and oxygen atoms in total. The normalized spacial score (nSPS) is 40.7. The minimum atomic E-state index is -1.55. The lowest BCUT2D eigenvalue weighted by Gasteiger charge is -2.45. The van der Waals surface area contributed by atoms with Crippen LogP contribution in [0, 0.1) is 0 Å². The quantitative estimate of drug-likeness (QED) is 0.706. The van der Waals surface area contributed by atoms with Gasteiger partial charge in [-0.15, -0.1) is 11.8 Å². The first-order valence-electron chi connectivity index (χ1n) is 5.50. The predicted octanol–water partition coefficient (Wildman–Crippen LogP) is 0.880. The minimum Gasteiger partial charge on any atom is -0.387 e. The van der Waals surface area contributed by atoms with Gasteiger partial charge in [0.15, 0.2) is 5.06 Å². The molecule has 0 saturated carbocycles. The number of hydrogen-bond donors (Lipinski definition) is 3. The van der Waals surface area contributed by atoms with E-state index >= 15 is 0 Å². The van der Waals surface area contributed by atoms with Gasteiger partial charge in [0.05, 0.1) is 0 Å². The Hall–Kier alpha value is -0.300. The van der Waals surface area contributed by atoms with Gasteiger partial charge >= 0.3 is 0 Å². The molecule has 1 aliphatic rings. The third-order valence-electron chi connectivity index (χ3n) is 3.02. The number of halogens is 1. The molecule has 0 aliphatic carbocycles. The van der Waals surface area contributed by atoms with E-state index in [0.717, 1.165) is 0 Å². The molecule has 5 unspecified atom stereocenters. The molecule has 1 aliphatic heterocycles. The fourth-order valence-corrected chi connectivity index (χ4v) is 3.06. The maximum absolute atomic E-state index is 10.1. The summed E-state index contributed by atoms with van der Waals surface area (Å²) in [7, 11) is 0. The van der Waals surface area contributed by atoms with Crippen LogP contribution < -0.4 is 0 Å². The van der Waals surface area contributed by atoms with E-state index in [2.05, 4.69) is 0 Å². The van der Waals surface area contributed by atoms with Crippen molar-refractivity contribution in [3.05, 3.63) is 35.9 Å². The van der Waals surface area contributed by atoms with Crippen molar-refractivity contribution in [2.75, 3.05) is 6.26 Å². The lowest BCUT2D eigenvalue weighted by atomic mass is 9.94. The van der Waals surface area contributed by atoms with Crippen LogP contribution >= 0.6 is 23.4 Å². The second-order valence-electron chi connectivity index (χ2n) is 4.16. The van der Waals surface area contributed by atoms with Crippen LogP contribution in [0.5, 0.6) is 0 Å². The highest BCUT2D eigenvalue weighted by Gasteiger charge is 2.53. The molecule has 1 aromatic carbocycles. The molecule has 3 N–H and O–H groups in total. The highest BCUT2D eigenvalue weighted by molar-refractivity contribution is 7.99. The first kappa shape index (κ1) is 14.1. The third kappa shape index (κ3) is 2.27. The van der Waals surface area contributed by atoms with Gasteiger partial charge in [-0.2, -0.15) is 0 Å². The molecule has 1 saturated heterocycles. The van der Waals surface area contributed by atoms with E-state index in [1.54, 1.807) is 30.5 Å². The average Bonchev–Trinajstić information content (AvgIpc) is 2.41. The van der Waals surface area contributed by atoms with Gasteiger partial charge < -0.3 is 20.1 Å². The summed E-state index contributed by atoms with van der Waals surface area (Å²) in [6, 6.07) is 8.76. The second-order valence-corrected chi connectivity index (χ2v) is 5.66. The Bertz CT molecular complexity index is 402. The van der Waals surface area contributed by atoms with Gasteiger partial charge in [0, 0.05) is 5.56 Å². The van der Waals surface area contributed by atoms with Crippen molar-refractivity contribution in [1.29, 1.82) is 0 Å². The van der Waals surface area contributed by atoms with Crippen molar-refractivity contribution in [3.8, 4) is 0 Å². The van der Waals surface area contributed by atoms with Gasteiger partial charge in [-0.05, 0) is 6.26 Å². The molecule has 0 radical (unpaired) electrons. The summed E-state index contributed by atoms with van der Waals surface area (Å²) >= 11 is 7.56. The number of ether oxygens (including phenoxy) is 1. The number of rotatable bonds is 2. The molecule has 0 bridgehead atoms. The van der Waals surface area contributed by atoms with Gasteiger partial charge in [0.25, 0.3) is 0 Å². The summed E-state index contributed by atoms with van der Waals surface area (Å²) in [5, 5.41) is 28.1. The molecular formula is C12H15ClO4S. The van der Waals surface area contributed by atoms with Gasteiger partial charge in [-0.1, -0.05) is 41.9 Å². The molecule has 1 aromatic rings. The topological polar surface area (TPSA) is 69.9 Å². The predicted molar refractivity (Wildman–Crippen MR) is 70.4 cm³/mol. The fourth-order valence-electron chi connectivity index (χ4n) is 1.97. The van der Waals surface area contributed by atoms with E-state index in [0.29, 0.717) is 5.56 Å². The molecule has 0 aromatic heterocycles. The summed E-state index contributed by atoms with van der Waals surface area (Å²) in [5.74, 6) is 0. The lowest BCUT2D eigenvalue weighted by molar-refractivity contribution is -0.218. The van der Waals surface area contributed by atoms with Gasteiger partial charge in [-0.3, -0.25) is 0 Å². The zero-order chi connectivity index (χ0) is 13.3.